The lowest BCUT2D eigenvalue weighted by molar-refractivity contribution is 0.232. The smallest absolute Gasteiger partial charge is 0.240 e. The van der Waals surface area contributed by atoms with Crippen LogP contribution in [0.5, 0.6) is 0 Å². The van der Waals surface area contributed by atoms with Crippen LogP contribution in [0.4, 0.5) is 0 Å². The van der Waals surface area contributed by atoms with E-state index in [-0.39, 0.29) is 6.04 Å². The van der Waals surface area contributed by atoms with Crippen LogP contribution < -0.4 is 4.72 Å². The predicted octanol–water partition coefficient (Wildman–Crippen LogP) is 2.00. The summed E-state index contributed by atoms with van der Waals surface area (Å²) in [6.45, 7) is 10.3. The highest BCUT2D eigenvalue weighted by molar-refractivity contribution is 7.89. The number of rotatable bonds is 7. The van der Waals surface area contributed by atoms with Crippen LogP contribution in [0.15, 0.2) is 29.2 Å². The second kappa shape index (κ2) is 7.03. The third-order valence-corrected chi connectivity index (χ3v) is 4.97. The molecular weight excluding hydrogens is 260 g/mol. The largest absolute Gasteiger partial charge is 0.300 e. The Hall–Kier alpha value is -0.910. The van der Waals surface area contributed by atoms with Crippen LogP contribution in [0.1, 0.15) is 26.3 Å². The molecule has 0 saturated carbocycles. The Balaban J connectivity index is 2.74. The Morgan fingerprint density at radius 3 is 2.32 bits per heavy atom. The highest BCUT2D eigenvalue weighted by atomic mass is 32.2. The number of benzene rings is 1. The first-order valence-corrected chi connectivity index (χ1v) is 8.20. The second-order valence-electron chi connectivity index (χ2n) is 4.69. The van der Waals surface area contributed by atoms with Gasteiger partial charge in [0, 0.05) is 12.6 Å². The molecule has 1 unspecified atom stereocenters. The zero-order valence-electron chi connectivity index (χ0n) is 12.2. The molecule has 0 spiro atoms. The molecule has 1 rings (SSSR count). The third kappa shape index (κ3) is 4.30. The Morgan fingerprint density at radius 1 is 1.21 bits per heavy atom. The fourth-order valence-electron chi connectivity index (χ4n) is 2.14. The molecule has 0 aliphatic carbocycles. The molecule has 0 radical (unpaired) electrons. The number of likely N-dealkylation sites (N-methyl/N-ethyl adjacent to an activating group) is 1. The van der Waals surface area contributed by atoms with E-state index in [0.29, 0.717) is 11.4 Å². The summed E-state index contributed by atoms with van der Waals surface area (Å²) in [4.78, 5) is 2.59. The Labute approximate surface area is 116 Å². The van der Waals surface area contributed by atoms with Crippen LogP contribution in [0.3, 0.4) is 0 Å². The second-order valence-corrected chi connectivity index (χ2v) is 6.42. The predicted molar refractivity (Wildman–Crippen MR) is 78.8 cm³/mol. The molecule has 1 aromatic carbocycles. The van der Waals surface area contributed by atoms with Crippen LogP contribution >= 0.6 is 0 Å². The highest BCUT2D eigenvalue weighted by Gasteiger charge is 2.18. The van der Waals surface area contributed by atoms with E-state index in [9.17, 15) is 8.42 Å². The first-order chi connectivity index (χ1) is 8.92. The average Bonchev–Trinajstić information content (AvgIpc) is 2.38. The topological polar surface area (TPSA) is 49.4 Å². The molecule has 0 aliphatic heterocycles. The first kappa shape index (κ1) is 16.1. The van der Waals surface area contributed by atoms with E-state index in [2.05, 4.69) is 23.5 Å². The molecule has 1 N–H and O–H groups in total. The molecular formula is C14H24N2O2S. The maximum absolute atomic E-state index is 12.2. The quantitative estimate of drug-likeness (QED) is 0.833. The van der Waals surface area contributed by atoms with Crippen molar-refractivity contribution in [2.24, 2.45) is 0 Å². The number of hydrogen-bond acceptors (Lipinski definition) is 3. The summed E-state index contributed by atoms with van der Waals surface area (Å²) in [5, 5.41) is 0. The monoisotopic (exact) mass is 284 g/mol. The van der Waals surface area contributed by atoms with Crippen molar-refractivity contribution in [1.29, 1.82) is 0 Å². The van der Waals surface area contributed by atoms with Crippen molar-refractivity contribution in [2.75, 3.05) is 19.6 Å². The van der Waals surface area contributed by atoms with Gasteiger partial charge in [-0.3, -0.25) is 4.90 Å². The molecule has 1 atom stereocenters. The molecule has 0 aromatic heterocycles. The third-order valence-electron chi connectivity index (χ3n) is 3.39. The molecule has 0 heterocycles. The van der Waals surface area contributed by atoms with Gasteiger partial charge in [0.25, 0.3) is 0 Å². The summed E-state index contributed by atoms with van der Waals surface area (Å²) in [6, 6.07) is 7.22. The average molecular weight is 284 g/mol. The van der Waals surface area contributed by atoms with Crippen molar-refractivity contribution in [3.63, 3.8) is 0 Å². The summed E-state index contributed by atoms with van der Waals surface area (Å²) < 4.78 is 27.1. The number of aryl methyl sites for hydroxylation is 1. The maximum atomic E-state index is 12.2. The van der Waals surface area contributed by atoms with Gasteiger partial charge in [-0.2, -0.15) is 0 Å². The van der Waals surface area contributed by atoms with Crippen molar-refractivity contribution >= 4 is 10.0 Å². The SMILES string of the molecule is CCN(CC)C(C)CNS(=O)(=O)c1ccccc1C. The summed E-state index contributed by atoms with van der Waals surface area (Å²) in [5.74, 6) is 0. The number of nitrogens with one attached hydrogen (secondary N) is 1. The minimum absolute atomic E-state index is 0.189. The molecule has 0 saturated heterocycles. The molecule has 19 heavy (non-hydrogen) atoms. The normalized spacial score (nSPS) is 13.7. The fraction of sp³-hybridized carbons (Fsp3) is 0.571. The molecule has 108 valence electrons. The molecule has 0 bridgehead atoms. The lowest BCUT2D eigenvalue weighted by Gasteiger charge is -2.26. The van der Waals surface area contributed by atoms with E-state index in [1.54, 1.807) is 12.1 Å². The van der Waals surface area contributed by atoms with Crippen LogP contribution in [0, 0.1) is 6.92 Å². The van der Waals surface area contributed by atoms with Gasteiger partial charge >= 0.3 is 0 Å². The standard InChI is InChI=1S/C14H24N2O2S/c1-5-16(6-2)13(4)11-15-19(17,18)14-10-8-7-9-12(14)3/h7-10,13,15H,5-6,11H2,1-4H3. The molecule has 0 amide bonds. The van der Waals surface area contributed by atoms with Crippen molar-refractivity contribution in [2.45, 2.75) is 38.6 Å². The molecule has 5 heteroatoms. The number of hydrogen-bond donors (Lipinski definition) is 1. The van der Waals surface area contributed by atoms with Gasteiger partial charge in [-0.1, -0.05) is 32.0 Å². The van der Waals surface area contributed by atoms with E-state index in [0.717, 1.165) is 18.7 Å². The zero-order valence-corrected chi connectivity index (χ0v) is 13.0. The van der Waals surface area contributed by atoms with Gasteiger partial charge in [0.2, 0.25) is 10.0 Å². The lowest BCUT2D eigenvalue weighted by Crippen LogP contribution is -2.42. The van der Waals surface area contributed by atoms with Crippen molar-refractivity contribution in [1.82, 2.24) is 9.62 Å². The lowest BCUT2D eigenvalue weighted by atomic mass is 10.2. The molecule has 0 aliphatic rings. The molecule has 4 nitrogen and oxygen atoms in total. The van der Waals surface area contributed by atoms with E-state index in [4.69, 9.17) is 0 Å². The van der Waals surface area contributed by atoms with Crippen LogP contribution in [0.25, 0.3) is 0 Å². The van der Waals surface area contributed by atoms with E-state index < -0.39 is 10.0 Å². The zero-order chi connectivity index (χ0) is 14.5. The van der Waals surface area contributed by atoms with E-state index in [1.807, 2.05) is 26.0 Å². The van der Waals surface area contributed by atoms with Gasteiger partial charge in [0.05, 0.1) is 4.90 Å². The molecule has 1 aromatic rings. The van der Waals surface area contributed by atoms with Gasteiger partial charge in [0.15, 0.2) is 0 Å². The van der Waals surface area contributed by atoms with Gasteiger partial charge in [-0.15, -0.1) is 0 Å². The minimum atomic E-state index is -3.41. The van der Waals surface area contributed by atoms with Crippen LogP contribution in [0.2, 0.25) is 0 Å². The summed E-state index contributed by atoms with van der Waals surface area (Å²) in [7, 11) is -3.41. The van der Waals surface area contributed by atoms with Gasteiger partial charge in [-0.25, -0.2) is 13.1 Å². The molecule has 0 fully saturated rings. The summed E-state index contributed by atoms with van der Waals surface area (Å²) >= 11 is 0. The van der Waals surface area contributed by atoms with E-state index >= 15 is 0 Å². The number of nitrogens with zero attached hydrogens (tertiary/aromatic N) is 1. The van der Waals surface area contributed by atoms with Gasteiger partial charge in [-0.05, 0) is 38.6 Å². The summed E-state index contributed by atoms with van der Waals surface area (Å²) in [6.07, 6.45) is 0. The van der Waals surface area contributed by atoms with Crippen molar-refractivity contribution < 1.29 is 8.42 Å². The van der Waals surface area contributed by atoms with Gasteiger partial charge in [0.1, 0.15) is 0 Å². The summed E-state index contributed by atoms with van der Waals surface area (Å²) in [5.41, 5.74) is 0.769. The Bertz CT molecular complexity index is 496. The Kier molecular flexibility index (Phi) is 5.97. The van der Waals surface area contributed by atoms with Crippen LogP contribution in [-0.4, -0.2) is 39.0 Å². The fourth-order valence-corrected chi connectivity index (χ4v) is 3.51. The van der Waals surface area contributed by atoms with Crippen LogP contribution in [-0.2, 0) is 10.0 Å². The van der Waals surface area contributed by atoms with Crippen molar-refractivity contribution in [3.05, 3.63) is 29.8 Å². The van der Waals surface area contributed by atoms with E-state index in [1.165, 1.54) is 0 Å². The first-order valence-electron chi connectivity index (χ1n) is 6.71. The number of sulfonamides is 1. The minimum Gasteiger partial charge on any atom is -0.300 e. The van der Waals surface area contributed by atoms with Gasteiger partial charge < -0.3 is 0 Å². The highest BCUT2D eigenvalue weighted by Crippen LogP contribution is 2.13. The maximum Gasteiger partial charge on any atom is 0.240 e. The van der Waals surface area contributed by atoms with Crippen molar-refractivity contribution in [3.8, 4) is 0 Å². The Morgan fingerprint density at radius 2 is 1.79 bits per heavy atom.